The Labute approximate surface area is 111 Å². The summed E-state index contributed by atoms with van der Waals surface area (Å²) in [5.74, 6) is -0.139. The molecule has 0 heterocycles. The number of carbonyl (C=O) groups is 1. The van der Waals surface area contributed by atoms with Gasteiger partial charge in [-0.15, -0.1) is 0 Å². The highest BCUT2D eigenvalue weighted by atomic mass is 28.4. The molecule has 0 aliphatic heterocycles. The highest BCUT2D eigenvalue weighted by Crippen LogP contribution is 2.18. The predicted octanol–water partition coefficient (Wildman–Crippen LogP) is 1.73. The molecule has 6 heteroatoms. The monoisotopic (exact) mass is 275 g/mol. The third kappa shape index (κ3) is 5.30. The topological polar surface area (TPSA) is 56.8 Å². The number of hydrogen-bond acceptors (Lipinski definition) is 4. The molecule has 0 aliphatic rings. The van der Waals surface area contributed by atoms with Gasteiger partial charge in [-0.2, -0.15) is 0 Å². The summed E-state index contributed by atoms with van der Waals surface area (Å²) in [6.45, 7) is 7.38. The second kappa shape index (κ2) is 8.42. The third-order valence-corrected chi connectivity index (χ3v) is 5.65. The van der Waals surface area contributed by atoms with Crippen molar-refractivity contribution in [3.8, 4) is 0 Å². The molecular formula is C12H25NO4Si. The highest BCUT2D eigenvalue weighted by molar-refractivity contribution is 6.60. The molecule has 1 atom stereocenters. The molecule has 0 spiro atoms. The smallest absolute Gasteiger partial charge is 0.377 e. The van der Waals surface area contributed by atoms with E-state index in [1.807, 2.05) is 0 Å². The van der Waals surface area contributed by atoms with E-state index in [1.165, 1.54) is 0 Å². The van der Waals surface area contributed by atoms with Gasteiger partial charge in [-0.25, -0.2) is 0 Å². The minimum Gasteiger partial charge on any atom is -0.377 e. The van der Waals surface area contributed by atoms with Crippen LogP contribution >= 0.6 is 0 Å². The summed E-state index contributed by atoms with van der Waals surface area (Å²) in [7, 11) is 2.05. The zero-order chi connectivity index (χ0) is 14.2. The first-order valence-electron chi connectivity index (χ1n) is 6.06. The van der Waals surface area contributed by atoms with Crippen LogP contribution in [-0.2, 0) is 18.1 Å². The molecule has 18 heavy (non-hydrogen) atoms. The van der Waals surface area contributed by atoms with Crippen molar-refractivity contribution in [1.82, 2.24) is 5.32 Å². The van der Waals surface area contributed by atoms with Gasteiger partial charge in [0.05, 0.1) is 0 Å². The van der Waals surface area contributed by atoms with Crippen LogP contribution < -0.4 is 5.32 Å². The van der Waals surface area contributed by atoms with Crippen molar-refractivity contribution in [3.05, 3.63) is 12.2 Å². The van der Waals surface area contributed by atoms with Crippen molar-refractivity contribution in [2.75, 3.05) is 21.3 Å². The van der Waals surface area contributed by atoms with Crippen LogP contribution in [0, 0.1) is 0 Å². The van der Waals surface area contributed by atoms with Crippen LogP contribution in [0.3, 0.4) is 0 Å². The summed E-state index contributed by atoms with van der Waals surface area (Å²) in [5, 5.41) is 2.93. The Morgan fingerprint density at radius 2 is 1.78 bits per heavy atom. The molecule has 0 aromatic rings. The van der Waals surface area contributed by atoms with Crippen LogP contribution in [0.15, 0.2) is 12.2 Å². The Kier molecular flexibility index (Phi) is 8.09. The van der Waals surface area contributed by atoms with E-state index in [1.54, 1.807) is 28.3 Å². The van der Waals surface area contributed by atoms with E-state index in [2.05, 4.69) is 18.8 Å². The van der Waals surface area contributed by atoms with Crippen molar-refractivity contribution in [1.29, 1.82) is 0 Å². The number of carbonyl (C=O) groups excluding carboxylic acids is 1. The van der Waals surface area contributed by atoms with E-state index < -0.39 is 8.80 Å². The van der Waals surface area contributed by atoms with Gasteiger partial charge in [0, 0.05) is 39.0 Å². The summed E-state index contributed by atoms with van der Waals surface area (Å²) >= 11 is 0. The summed E-state index contributed by atoms with van der Waals surface area (Å²) < 4.78 is 16.1. The summed E-state index contributed by atoms with van der Waals surface area (Å²) in [6, 6.07) is 0.536. The first-order chi connectivity index (χ1) is 8.44. The first-order valence-corrected chi connectivity index (χ1v) is 7.99. The van der Waals surface area contributed by atoms with Gasteiger partial charge < -0.3 is 18.6 Å². The van der Waals surface area contributed by atoms with E-state index in [4.69, 9.17) is 13.3 Å². The molecule has 0 aromatic carbocycles. The maximum Gasteiger partial charge on any atom is 0.502 e. The minimum atomic E-state index is -2.66. The fraction of sp³-hybridized carbons (Fsp3) is 0.750. The van der Waals surface area contributed by atoms with Gasteiger partial charge in [0.25, 0.3) is 0 Å². The molecule has 0 aliphatic carbocycles. The van der Waals surface area contributed by atoms with Gasteiger partial charge >= 0.3 is 8.80 Å². The van der Waals surface area contributed by atoms with Crippen molar-refractivity contribution >= 4 is 14.7 Å². The molecule has 0 rings (SSSR count). The fourth-order valence-electron chi connectivity index (χ4n) is 1.68. The largest absolute Gasteiger partial charge is 0.502 e. The molecule has 5 nitrogen and oxygen atoms in total. The van der Waals surface area contributed by atoms with Crippen molar-refractivity contribution in [3.63, 3.8) is 0 Å². The molecule has 1 amide bonds. The third-order valence-electron chi connectivity index (χ3n) is 2.79. The SMILES string of the molecule is C=C(C)C(=O)NC(CCC)C[Si](OC)(OC)OC. The average molecular weight is 275 g/mol. The molecule has 0 fully saturated rings. The maximum absolute atomic E-state index is 11.7. The van der Waals surface area contributed by atoms with Gasteiger partial charge in [-0.3, -0.25) is 4.79 Å². The van der Waals surface area contributed by atoms with Gasteiger partial charge in [0.1, 0.15) is 0 Å². The van der Waals surface area contributed by atoms with Crippen LogP contribution in [0.2, 0.25) is 6.04 Å². The zero-order valence-corrected chi connectivity index (χ0v) is 13.0. The van der Waals surface area contributed by atoms with Gasteiger partial charge in [-0.1, -0.05) is 19.9 Å². The second-order valence-electron chi connectivity index (χ2n) is 4.24. The Bertz CT molecular complexity index is 271. The van der Waals surface area contributed by atoms with Crippen LogP contribution in [0.4, 0.5) is 0 Å². The molecule has 0 bridgehead atoms. The van der Waals surface area contributed by atoms with Crippen molar-refractivity contribution in [2.45, 2.75) is 38.8 Å². The highest BCUT2D eigenvalue weighted by Gasteiger charge is 2.40. The first kappa shape index (κ1) is 17.3. The lowest BCUT2D eigenvalue weighted by atomic mass is 10.2. The Morgan fingerprint density at radius 3 is 2.11 bits per heavy atom. The fourth-order valence-corrected chi connectivity index (χ4v) is 3.59. The molecule has 0 radical (unpaired) electrons. The lowest BCUT2D eigenvalue weighted by Gasteiger charge is -2.29. The molecule has 1 N–H and O–H groups in total. The van der Waals surface area contributed by atoms with Crippen molar-refractivity contribution < 1.29 is 18.1 Å². The number of amides is 1. The van der Waals surface area contributed by atoms with E-state index in [0.717, 1.165) is 12.8 Å². The second-order valence-corrected chi connectivity index (χ2v) is 7.24. The summed E-state index contributed by atoms with van der Waals surface area (Å²) in [6.07, 6.45) is 1.81. The van der Waals surface area contributed by atoms with Crippen LogP contribution in [-0.4, -0.2) is 42.1 Å². The Hall–Kier alpha value is -0.693. The quantitative estimate of drug-likeness (QED) is 0.514. The number of rotatable bonds is 9. The standard InChI is InChI=1S/C12H25NO4Si/c1-7-8-11(13-12(14)10(2)3)9-18(15-4,16-5)17-6/h11H,2,7-9H2,1,3-6H3,(H,13,14). The summed E-state index contributed by atoms with van der Waals surface area (Å²) in [4.78, 5) is 11.7. The molecule has 0 aromatic heterocycles. The lowest BCUT2D eigenvalue weighted by molar-refractivity contribution is -0.118. The normalized spacial score (nSPS) is 13.2. The van der Waals surface area contributed by atoms with E-state index in [9.17, 15) is 4.79 Å². The molecule has 106 valence electrons. The van der Waals surface area contributed by atoms with Crippen molar-refractivity contribution in [2.24, 2.45) is 0 Å². The summed E-state index contributed by atoms with van der Waals surface area (Å²) in [5.41, 5.74) is 0.496. The Balaban J connectivity index is 4.69. The molecular weight excluding hydrogens is 250 g/mol. The predicted molar refractivity (Wildman–Crippen MR) is 73.2 cm³/mol. The van der Waals surface area contributed by atoms with E-state index in [-0.39, 0.29) is 11.9 Å². The minimum absolute atomic E-state index is 0.0225. The zero-order valence-electron chi connectivity index (χ0n) is 12.0. The van der Waals surface area contributed by atoms with Crippen LogP contribution in [0.5, 0.6) is 0 Å². The van der Waals surface area contributed by atoms with Crippen LogP contribution in [0.25, 0.3) is 0 Å². The molecule has 1 unspecified atom stereocenters. The average Bonchev–Trinajstić information content (AvgIpc) is 2.36. The lowest BCUT2D eigenvalue weighted by Crippen LogP contribution is -2.49. The molecule has 0 saturated carbocycles. The number of hydrogen-bond donors (Lipinski definition) is 1. The van der Waals surface area contributed by atoms with Crippen LogP contribution in [0.1, 0.15) is 26.7 Å². The van der Waals surface area contributed by atoms with E-state index >= 15 is 0 Å². The van der Waals surface area contributed by atoms with E-state index in [0.29, 0.717) is 11.6 Å². The molecule has 0 saturated heterocycles. The maximum atomic E-state index is 11.7. The van der Waals surface area contributed by atoms with Gasteiger partial charge in [0.15, 0.2) is 0 Å². The van der Waals surface area contributed by atoms with Gasteiger partial charge in [-0.05, 0) is 13.3 Å². The Morgan fingerprint density at radius 1 is 1.28 bits per heavy atom. The van der Waals surface area contributed by atoms with Gasteiger partial charge in [0.2, 0.25) is 5.91 Å². The number of nitrogens with one attached hydrogen (secondary N) is 1.